The summed E-state index contributed by atoms with van der Waals surface area (Å²) < 4.78 is 0. The highest BCUT2D eigenvalue weighted by Gasteiger charge is 2.07. The quantitative estimate of drug-likeness (QED) is 0.661. The zero-order chi connectivity index (χ0) is 11.5. The fourth-order valence-corrected chi connectivity index (χ4v) is 1.59. The summed E-state index contributed by atoms with van der Waals surface area (Å²) in [5.74, 6) is 0.0679. The predicted octanol–water partition coefficient (Wildman–Crippen LogP) is 0.648. The van der Waals surface area contributed by atoms with Gasteiger partial charge in [0.25, 0.3) is 0 Å². The molecule has 1 heterocycles. The number of imidazole rings is 1. The number of Topliss-reactive ketones (excluding diaryl/α,β-unsaturated/α-hetero) is 1. The van der Waals surface area contributed by atoms with Gasteiger partial charge in [0.05, 0.1) is 11.0 Å². The average Bonchev–Trinajstić information content (AvgIpc) is 2.64. The van der Waals surface area contributed by atoms with E-state index in [0.717, 1.165) is 5.52 Å². The molecular formula is C11H13N3O2. The third kappa shape index (κ3) is 2.04. The summed E-state index contributed by atoms with van der Waals surface area (Å²) in [7, 11) is 1.81. The SMILES string of the molecule is CNCCC(=O)c1ccc2[nH]c(=O)[nH]c2c1. The molecule has 0 saturated carbocycles. The molecule has 16 heavy (non-hydrogen) atoms. The highest BCUT2D eigenvalue weighted by atomic mass is 16.1. The number of benzene rings is 1. The predicted molar refractivity (Wildman–Crippen MR) is 61.8 cm³/mol. The number of rotatable bonds is 4. The number of nitrogens with one attached hydrogen (secondary N) is 3. The van der Waals surface area contributed by atoms with Crippen molar-refractivity contribution in [2.24, 2.45) is 0 Å². The monoisotopic (exact) mass is 219 g/mol. The molecule has 0 aliphatic rings. The van der Waals surface area contributed by atoms with Crippen molar-refractivity contribution in [3.63, 3.8) is 0 Å². The van der Waals surface area contributed by atoms with Crippen molar-refractivity contribution in [3.8, 4) is 0 Å². The summed E-state index contributed by atoms with van der Waals surface area (Å²) in [4.78, 5) is 28.0. The van der Waals surface area contributed by atoms with E-state index in [1.165, 1.54) is 0 Å². The maximum atomic E-state index is 11.7. The van der Waals surface area contributed by atoms with Crippen molar-refractivity contribution in [2.45, 2.75) is 6.42 Å². The van der Waals surface area contributed by atoms with Gasteiger partial charge in [-0.25, -0.2) is 4.79 Å². The number of H-pyrrole nitrogens is 2. The first kappa shape index (κ1) is 10.6. The first-order chi connectivity index (χ1) is 7.70. The minimum absolute atomic E-state index is 0.0679. The van der Waals surface area contributed by atoms with Crippen LogP contribution in [0.2, 0.25) is 0 Å². The molecule has 2 rings (SSSR count). The Morgan fingerprint density at radius 3 is 2.81 bits per heavy atom. The molecule has 5 heteroatoms. The lowest BCUT2D eigenvalue weighted by Crippen LogP contribution is -2.12. The lowest BCUT2D eigenvalue weighted by molar-refractivity contribution is 0.0983. The summed E-state index contributed by atoms with van der Waals surface area (Å²) in [6.45, 7) is 0.653. The van der Waals surface area contributed by atoms with Gasteiger partial charge in [0, 0.05) is 18.5 Å². The molecule has 0 radical (unpaired) electrons. The normalized spacial score (nSPS) is 10.8. The van der Waals surface area contributed by atoms with Crippen LogP contribution < -0.4 is 11.0 Å². The Hall–Kier alpha value is -1.88. The minimum Gasteiger partial charge on any atom is -0.319 e. The van der Waals surface area contributed by atoms with Crippen LogP contribution in [0.3, 0.4) is 0 Å². The lowest BCUT2D eigenvalue weighted by atomic mass is 10.1. The molecule has 0 spiro atoms. The molecular weight excluding hydrogens is 206 g/mol. The van der Waals surface area contributed by atoms with Crippen LogP contribution in [0.1, 0.15) is 16.8 Å². The van der Waals surface area contributed by atoms with Crippen LogP contribution in [0.4, 0.5) is 0 Å². The van der Waals surface area contributed by atoms with Gasteiger partial charge in [0.2, 0.25) is 0 Å². The number of ketones is 1. The zero-order valence-corrected chi connectivity index (χ0v) is 8.96. The Kier molecular flexibility index (Phi) is 2.87. The third-order valence-electron chi connectivity index (χ3n) is 2.44. The van der Waals surface area contributed by atoms with Gasteiger partial charge in [-0.2, -0.15) is 0 Å². The van der Waals surface area contributed by atoms with E-state index in [2.05, 4.69) is 15.3 Å². The van der Waals surface area contributed by atoms with E-state index in [1.54, 1.807) is 25.2 Å². The molecule has 0 saturated heterocycles. The number of aromatic amines is 2. The largest absolute Gasteiger partial charge is 0.323 e. The van der Waals surface area contributed by atoms with Crippen LogP contribution >= 0.6 is 0 Å². The van der Waals surface area contributed by atoms with Gasteiger partial charge in [0.1, 0.15) is 0 Å². The van der Waals surface area contributed by atoms with E-state index < -0.39 is 0 Å². The molecule has 1 aromatic carbocycles. The van der Waals surface area contributed by atoms with Crippen LogP contribution in [0.15, 0.2) is 23.0 Å². The van der Waals surface area contributed by atoms with Gasteiger partial charge >= 0.3 is 5.69 Å². The van der Waals surface area contributed by atoms with Gasteiger partial charge in [0.15, 0.2) is 5.78 Å². The number of fused-ring (bicyclic) bond motifs is 1. The summed E-state index contributed by atoms with van der Waals surface area (Å²) in [6.07, 6.45) is 0.455. The number of aromatic nitrogens is 2. The van der Waals surface area contributed by atoms with Crippen molar-refractivity contribution in [1.82, 2.24) is 15.3 Å². The zero-order valence-electron chi connectivity index (χ0n) is 8.96. The first-order valence-corrected chi connectivity index (χ1v) is 5.10. The van der Waals surface area contributed by atoms with Gasteiger partial charge in [-0.15, -0.1) is 0 Å². The van der Waals surface area contributed by atoms with E-state index >= 15 is 0 Å². The molecule has 0 aliphatic heterocycles. The summed E-state index contributed by atoms with van der Waals surface area (Å²) in [6, 6.07) is 5.16. The lowest BCUT2D eigenvalue weighted by Gasteiger charge is -2.00. The Morgan fingerprint density at radius 1 is 1.31 bits per heavy atom. The van der Waals surface area contributed by atoms with Gasteiger partial charge in [-0.05, 0) is 25.2 Å². The second-order valence-corrected chi connectivity index (χ2v) is 3.62. The van der Waals surface area contributed by atoms with E-state index in [-0.39, 0.29) is 11.5 Å². The summed E-state index contributed by atoms with van der Waals surface area (Å²) in [5, 5.41) is 2.92. The topological polar surface area (TPSA) is 77.8 Å². The van der Waals surface area contributed by atoms with Gasteiger partial charge in [-0.3, -0.25) is 4.79 Å². The van der Waals surface area contributed by atoms with Crippen LogP contribution in [-0.2, 0) is 0 Å². The second-order valence-electron chi connectivity index (χ2n) is 3.62. The fourth-order valence-electron chi connectivity index (χ4n) is 1.59. The minimum atomic E-state index is -0.255. The molecule has 0 aliphatic carbocycles. The van der Waals surface area contributed by atoms with E-state index in [4.69, 9.17) is 0 Å². The fraction of sp³-hybridized carbons (Fsp3) is 0.273. The van der Waals surface area contributed by atoms with Gasteiger partial charge in [-0.1, -0.05) is 0 Å². The molecule has 1 aromatic heterocycles. The summed E-state index contributed by atoms with van der Waals surface area (Å²) >= 11 is 0. The Bertz CT molecular complexity index is 568. The van der Waals surface area contributed by atoms with Crippen LogP contribution in [0, 0.1) is 0 Å². The second kappa shape index (κ2) is 4.32. The molecule has 5 nitrogen and oxygen atoms in total. The van der Waals surface area contributed by atoms with Crippen molar-refractivity contribution in [2.75, 3.05) is 13.6 Å². The van der Waals surface area contributed by atoms with E-state index in [1.807, 2.05) is 0 Å². The van der Waals surface area contributed by atoms with Crippen molar-refractivity contribution < 1.29 is 4.79 Å². The average molecular weight is 219 g/mol. The molecule has 0 fully saturated rings. The van der Waals surface area contributed by atoms with Crippen molar-refractivity contribution in [1.29, 1.82) is 0 Å². The van der Waals surface area contributed by atoms with Crippen LogP contribution in [-0.4, -0.2) is 29.3 Å². The Balaban J connectivity index is 2.31. The molecule has 0 atom stereocenters. The molecule has 0 unspecified atom stereocenters. The number of carbonyl (C=O) groups excluding carboxylic acids is 1. The van der Waals surface area contributed by atoms with E-state index in [9.17, 15) is 9.59 Å². The smallest absolute Gasteiger partial charge is 0.319 e. The number of carbonyl (C=O) groups is 1. The first-order valence-electron chi connectivity index (χ1n) is 5.10. The van der Waals surface area contributed by atoms with Gasteiger partial charge < -0.3 is 15.3 Å². The standard InChI is InChI=1S/C11H13N3O2/c1-12-5-4-10(15)7-2-3-8-9(6-7)14-11(16)13-8/h2-3,6,12H,4-5H2,1H3,(H2,13,14,16). The van der Waals surface area contributed by atoms with Crippen LogP contribution in [0.25, 0.3) is 11.0 Å². The maximum absolute atomic E-state index is 11.7. The highest BCUT2D eigenvalue weighted by Crippen LogP contribution is 2.11. The van der Waals surface area contributed by atoms with Crippen molar-refractivity contribution in [3.05, 3.63) is 34.2 Å². The molecule has 0 amide bonds. The maximum Gasteiger partial charge on any atom is 0.323 e. The third-order valence-corrected chi connectivity index (χ3v) is 2.44. The van der Waals surface area contributed by atoms with E-state index in [0.29, 0.717) is 24.0 Å². The number of hydrogen-bond acceptors (Lipinski definition) is 3. The highest BCUT2D eigenvalue weighted by molar-refractivity contribution is 5.98. The van der Waals surface area contributed by atoms with Crippen molar-refractivity contribution >= 4 is 16.8 Å². The molecule has 2 aromatic rings. The Labute approximate surface area is 91.9 Å². The number of hydrogen-bond donors (Lipinski definition) is 3. The molecule has 0 bridgehead atoms. The molecule has 3 N–H and O–H groups in total. The Morgan fingerprint density at radius 2 is 2.06 bits per heavy atom. The summed E-state index contributed by atoms with van der Waals surface area (Å²) in [5.41, 5.74) is 1.75. The van der Waals surface area contributed by atoms with Crippen LogP contribution in [0.5, 0.6) is 0 Å². The molecule has 84 valence electrons.